The highest BCUT2D eigenvalue weighted by Gasteiger charge is 2.02. The van der Waals surface area contributed by atoms with Crippen LogP contribution in [0.2, 0.25) is 0 Å². The molecule has 0 unspecified atom stereocenters. The molecule has 0 bridgehead atoms. The van der Waals surface area contributed by atoms with Crippen LogP contribution in [0.3, 0.4) is 0 Å². The fraction of sp³-hybridized carbons (Fsp3) is 0.600. The van der Waals surface area contributed by atoms with Crippen LogP contribution in [0.15, 0.2) is 18.5 Å². The van der Waals surface area contributed by atoms with E-state index >= 15 is 0 Å². The maximum absolute atomic E-state index is 11.1. The second-order valence-corrected chi connectivity index (χ2v) is 3.09. The Morgan fingerprint density at radius 3 is 3.07 bits per heavy atom. The molecule has 78 valence electrons. The summed E-state index contributed by atoms with van der Waals surface area (Å²) < 4.78 is 6.72. The highest BCUT2D eigenvalue weighted by molar-refractivity contribution is 5.69. The van der Waals surface area contributed by atoms with Crippen LogP contribution < -0.4 is 0 Å². The summed E-state index contributed by atoms with van der Waals surface area (Å²) in [5, 5.41) is 3.99. The first kappa shape index (κ1) is 10.8. The number of rotatable bonds is 6. The third-order valence-electron chi connectivity index (χ3n) is 1.87. The van der Waals surface area contributed by atoms with Crippen molar-refractivity contribution in [3.8, 4) is 0 Å². The Hall–Kier alpha value is -1.32. The summed E-state index contributed by atoms with van der Waals surface area (Å²) in [4.78, 5) is 11.1. The van der Waals surface area contributed by atoms with Crippen LogP contribution >= 0.6 is 0 Å². The molecule has 0 fully saturated rings. The molecule has 4 nitrogen and oxygen atoms in total. The van der Waals surface area contributed by atoms with Crippen LogP contribution in [0, 0.1) is 0 Å². The molecule has 0 aliphatic rings. The Kier molecular flexibility index (Phi) is 4.75. The maximum Gasteiger partial charge on any atom is 0.307 e. The number of unbranched alkanes of at least 4 members (excludes halogenated alkanes) is 1. The highest BCUT2D eigenvalue weighted by Crippen LogP contribution is 1.94. The van der Waals surface area contributed by atoms with Gasteiger partial charge >= 0.3 is 5.97 Å². The number of nitrogens with zero attached hydrogens (tertiary/aromatic N) is 2. The Morgan fingerprint density at radius 1 is 1.57 bits per heavy atom. The van der Waals surface area contributed by atoms with Crippen molar-refractivity contribution in [2.24, 2.45) is 0 Å². The summed E-state index contributed by atoms with van der Waals surface area (Å²) in [6, 6.07) is 1.84. The molecule has 0 spiro atoms. The lowest BCUT2D eigenvalue weighted by molar-refractivity contribution is -0.144. The Balaban J connectivity index is 2.09. The molecule has 1 aromatic rings. The molecule has 0 aliphatic carbocycles. The first-order chi connectivity index (χ1) is 6.83. The monoisotopic (exact) mass is 196 g/mol. The summed E-state index contributed by atoms with van der Waals surface area (Å²) in [5.74, 6) is -0.144. The molecule has 0 saturated carbocycles. The van der Waals surface area contributed by atoms with Crippen molar-refractivity contribution < 1.29 is 9.53 Å². The van der Waals surface area contributed by atoms with Gasteiger partial charge in [-0.3, -0.25) is 9.48 Å². The van der Waals surface area contributed by atoms with Gasteiger partial charge in [-0.15, -0.1) is 0 Å². The molecule has 0 amide bonds. The van der Waals surface area contributed by atoms with Crippen molar-refractivity contribution in [2.75, 3.05) is 6.61 Å². The average Bonchev–Trinajstić information content (AvgIpc) is 2.68. The lowest BCUT2D eigenvalue weighted by Crippen LogP contribution is -2.10. The predicted octanol–water partition coefficient (Wildman–Crippen LogP) is 1.62. The number of hydrogen-bond donors (Lipinski definition) is 0. The normalized spacial score (nSPS) is 10.1. The molecule has 0 saturated heterocycles. The standard InChI is InChI=1S/C10H16N2O2/c1-2-3-9-14-10(13)5-8-12-7-4-6-11-12/h4,6-7H,2-3,5,8-9H2,1H3. The van der Waals surface area contributed by atoms with E-state index in [2.05, 4.69) is 12.0 Å². The Labute approximate surface area is 83.9 Å². The zero-order valence-corrected chi connectivity index (χ0v) is 8.48. The molecule has 1 aromatic heterocycles. The van der Waals surface area contributed by atoms with Crippen LogP contribution in [-0.4, -0.2) is 22.4 Å². The van der Waals surface area contributed by atoms with E-state index in [0.717, 1.165) is 12.8 Å². The van der Waals surface area contributed by atoms with Gasteiger partial charge in [0.05, 0.1) is 19.6 Å². The van der Waals surface area contributed by atoms with E-state index in [9.17, 15) is 4.79 Å². The fourth-order valence-corrected chi connectivity index (χ4v) is 1.04. The van der Waals surface area contributed by atoms with E-state index in [1.54, 1.807) is 10.9 Å². The number of hydrogen-bond acceptors (Lipinski definition) is 3. The SMILES string of the molecule is CCCCOC(=O)CCn1cccn1. The van der Waals surface area contributed by atoms with Gasteiger partial charge in [0.15, 0.2) is 0 Å². The second-order valence-electron chi connectivity index (χ2n) is 3.09. The van der Waals surface area contributed by atoms with Crippen LogP contribution in [0.5, 0.6) is 0 Å². The first-order valence-corrected chi connectivity index (χ1v) is 4.96. The van der Waals surface area contributed by atoms with E-state index in [1.807, 2.05) is 12.3 Å². The summed E-state index contributed by atoms with van der Waals surface area (Å²) in [7, 11) is 0. The van der Waals surface area contributed by atoms with Crippen molar-refractivity contribution in [3.63, 3.8) is 0 Å². The minimum Gasteiger partial charge on any atom is -0.466 e. The van der Waals surface area contributed by atoms with Gasteiger partial charge in [-0.1, -0.05) is 13.3 Å². The number of aryl methyl sites for hydroxylation is 1. The van der Waals surface area contributed by atoms with E-state index < -0.39 is 0 Å². The van der Waals surface area contributed by atoms with Gasteiger partial charge in [0, 0.05) is 12.4 Å². The minimum atomic E-state index is -0.144. The number of aromatic nitrogens is 2. The first-order valence-electron chi connectivity index (χ1n) is 4.96. The molecule has 0 aromatic carbocycles. The van der Waals surface area contributed by atoms with Crippen LogP contribution in [0.25, 0.3) is 0 Å². The van der Waals surface area contributed by atoms with Gasteiger partial charge in [-0.05, 0) is 12.5 Å². The quantitative estimate of drug-likeness (QED) is 0.513. The minimum absolute atomic E-state index is 0.144. The Bertz CT molecular complexity index is 257. The molecule has 0 radical (unpaired) electrons. The predicted molar refractivity (Wildman–Crippen MR) is 52.7 cm³/mol. The lowest BCUT2D eigenvalue weighted by atomic mass is 10.3. The summed E-state index contributed by atoms with van der Waals surface area (Å²) in [5.41, 5.74) is 0. The van der Waals surface area contributed by atoms with E-state index in [1.165, 1.54) is 0 Å². The molecule has 1 heterocycles. The van der Waals surface area contributed by atoms with Gasteiger partial charge in [0.1, 0.15) is 0 Å². The zero-order chi connectivity index (χ0) is 10.2. The van der Waals surface area contributed by atoms with Crippen molar-refractivity contribution in [1.29, 1.82) is 0 Å². The number of esters is 1. The molecular weight excluding hydrogens is 180 g/mol. The zero-order valence-electron chi connectivity index (χ0n) is 8.48. The second kappa shape index (κ2) is 6.18. The van der Waals surface area contributed by atoms with Gasteiger partial charge < -0.3 is 4.74 Å². The number of carbonyl (C=O) groups excluding carboxylic acids is 1. The van der Waals surface area contributed by atoms with Crippen LogP contribution in [0.1, 0.15) is 26.2 Å². The molecule has 0 atom stereocenters. The third kappa shape index (κ3) is 4.07. The maximum atomic E-state index is 11.1. The molecular formula is C10H16N2O2. The number of carbonyl (C=O) groups is 1. The molecule has 0 aliphatic heterocycles. The van der Waals surface area contributed by atoms with Crippen molar-refractivity contribution in [3.05, 3.63) is 18.5 Å². The van der Waals surface area contributed by atoms with Gasteiger partial charge in [0.25, 0.3) is 0 Å². The lowest BCUT2D eigenvalue weighted by Gasteiger charge is -2.03. The largest absolute Gasteiger partial charge is 0.466 e. The average molecular weight is 196 g/mol. The molecule has 0 N–H and O–H groups in total. The van der Waals surface area contributed by atoms with Crippen molar-refractivity contribution >= 4 is 5.97 Å². The van der Waals surface area contributed by atoms with Gasteiger partial charge in [-0.2, -0.15) is 5.10 Å². The van der Waals surface area contributed by atoms with Crippen LogP contribution in [0.4, 0.5) is 0 Å². The number of ether oxygens (including phenoxy) is 1. The third-order valence-corrected chi connectivity index (χ3v) is 1.87. The van der Waals surface area contributed by atoms with Crippen molar-refractivity contribution in [1.82, 2.24) is 9.78 Å². The molecule has 14 heavy (non-hydrogen) atoms. The highest BCUT2D eigenvalue weighted by atomic mass is 16.5. The van der Waals surface area contributed by atoms with Gasteiger partial charge in [-0.25, -0.2) is 0 Å². The summed E-state index contributed by atoms with van der Waals surface area (Å²) in [6.45, 7) is 3.20. The summed E-state index contributed by atoms with van der Waals surface area (Å²) in [6.07, 6.45) is 5.91. The molecule has 1 rings (SSSR count). The fourth-order valence-electron chi connectivity index (χ4n) is 1.04. The topological polar surface area (TPSA) is 44.1 Å². The van der Waals surface area contributed by atoms with Crippen molar-refractivity contribution in [2.45, 2.75) is 32.7 Å². The smallest absolute Gasteiger partial charge is 0.307 e. The Morgan fingerprint density at radius 2 is 2.43 bits per heavy atom. The van der Waals surface area contributed by atoms with Crippen LogP contribution in [-0.2, 0) is 16.1 Å². The summed E-state index contributed by atoms with van der Waals surface area (Å²) >= 11 is 0. The van der Waals surface area contributed by atoms with E-state index in [0.29, 0.717) is 19.6 Å². The van der Waals surface area contributed by atoms with E-state index in [-0.39, 0.29) is 5.97 Å². The van der Waals surface area contributed by atoms with E-state index in [4.69, 9.17) is 4.74 Å². The van der Waals surface area contributed by atoms with Gasteiger partial charge in [0.2, 0.25) is 0 Å². The molecule has 4 heteroatoms.